The molecule has 0 radical (unpaired) electrons. The van der Waals surface area contributed by atoms with Crippen molar-refractivity contribution in [3.8, 4) is 0 Å². The van der Waals surface area contributed by atoms with E-state index < -0.39 is 0 Å². The summed E-state index contributed by atoms with van der Waals surface area (Å²) in [6, 6.07) is 18.0. The van der Waals surface area contributed by atoms with Gasteiger partial charge in [-0.1, -0.05) is 67.2 Å². The van der Waals surface area contributed by atoms with Crippen molar-refractivity contribution in [1.29, 1.82) is 0 Å². The lowest BCUT2D eigenvalue weighted by atomic mass is 10.1. The van der Waals surface area contributed by atoms with Crippen molar-refractivity contribution in [3.05, 3.63) is 71.5 Å². The van der Waals surface area contributed by atoms with Crippen LogP contribution < -0.4 is 5.32 Å². The first-order valence-corrected chi connectivity index (χ1v) is 9.58. The molecule has 0 saturated heterocycles. The highest BCUT2D eigenvalue weighted by molar-refractivity contribution is 7.99. The van der Waals surface area contributed by atoms with Gasteiger partial charge in [0.2, 0.25) is 5.91 Å². The van der Waals surface area contributed by atoms with Crippen molar-refractivity contribution < 1.29 is 4.79 Å². The van der Waals surface area contributed by atoms with Crippen molar-refractivity contribution in [3.63, 3.8) is 0 Å². The summed E-state index contributed by atoms with van der Waals surface area (Å²) in [4.78, 5) is 12.3. The summed E-state index contributed by atoms with van der Waals surface area (Å²) >= 11 is 1.40. The van der Waals surface area contributed by atoms with Gasteiger partial charge in [0.1, 0.15) is 5.82 Å². The van der Waals surface area contributed by atoms with Gasteiger partial charge in [0.25, 0.3) is 0 Å². The second-order valence-corrected chi connectivity index (χ2v) is 6.91. The molecule has 0 spiro atoms. The molecule has 5 nitrogen and oxygen atoms in total. The summed E-state index contributed by atoms with van der Waals surface area (Å²) in [7, 11) is 1.94. The van der Waals surface area contributed by atoms with Gasteiger partial charge in [-0.25, -0.2) is 0 Å². The molecule has 3 aromatic rings. The van der Waals surface area contributed by atoms with Gasteiger partial charge in [-0.15, -0.1) is 10.2 Å². The van der Waals surface area contributed by atoms with Crippen LogP contribution in [-0.4, -0.2) is 26.4 Å². The zero-order valence-electron chi connectivity index (χ0n) is 15.0. The van der Waals surface area contributed by atoms with E-state index in [0.29, 0.717) is 5.75 Å². The molecule has 0 unspecified atom stereocenters. The fourth-order valence-electron chi connectivity index (χ4n) is 2.67. The van der Waals surface area contributed by atoms with E-state index in [0.717, 1.165) is 35.1 Å². The van der Waals surface area contributed by atoms with Gasteiger partial charge in [0, 0.05) is 19.2 Å². The lowest BCUT2D eigenvalue weighted by Crippen LogP contribution is -2.15. The minimum Gasteiger partial charge on any atom is -0.325 e. The monoisotopic (exact) mass is 366 g/mol. The molecule has 0 fully saturated rings. The number of amides is 1. The third kappa shape index (κ3) is 4.52. The number of hydrogen-bond donors (Lipinski definition) is 1. The van der Waals surface area contributed by atoms with E-state index in [9.17, 15) is 4.79 Å². The average molecular weight is 366 g/mol. The van der Waals surface area contributed by atoms with Crippen LogP contribution in [0.4, 0.5) is 5.69 Å². The largest absolute Gasteiger partial charge is 0.325 e. The Kier molecular flexibility index (Phi) is 6.07. The smallest absolute Gasteiger partial charge is 0.234 e. The summed E-state index contributed by atoms with van der Waals surface area (Å²) in [6.45, 7) is 2.08. The topological polar surface area (TPSA) is 59.8 Å². The molecule has 1 aromatic heterocycles. The Morgan fingerprint density at radius 1 is 1.08 bits per heavy atom. The number of aryl methyl sites for hydroxylation is 1. The predicted molar refractivity (Wildman–Crippen MR) is 105 cm³/mol. The van der Waals surface area contributed by atoms with Crippen LogP contribution in [0.1, 0.15) is 23.9 Å². The van der Waals surface area contributed by atoms with Crippen molar-refractivity contribution in [2.24, 2.45) is 7.05 Å². The summed E-state index contributed by atoms with van der Waals surface area (Å²) in [6.07, 6.45) is 1.61. The highest BCUT2D eigenvalue weighted by Crippen LogP contribution is 2.19. The van der Waals surface area contributed by atoms with Crippen LogP contribution in [0.25, 0.3) is 0 Å². The molecule has 1 amide bonds. The number of nitrogens with zero attached hydrogens (tertiary/aromatic N) is 3. The molecule has 0 saturated carbocycles. The maximum atomic E-state index is 12.3. The molecule has 1 heterocycles. The molecule has 1 N–H and O–H groups in total. The Bertz CT molecular complexity index is 877. The van der Waals surface area contributed by atoms with Crippen LogP contribution >= 0.6 is 11.8 Å². The first-order valence-electron chi connectivity index (χ1n) is 8.60. The third-order valence-electron chi connectivity index (χ3n) is 4.13. The van der Waals surface area contributed by atoms with Gasteiger partial charge in [0.05, 0.1) is 5.75 Å². The maximum Gasteiger partial charge on any atom is 0.234 e. The van der Waals surface area contributed by atoms with Gasteiger partial charge in [-0.3, -0.25) is 4.79 Å². The van der Waals surface area contributed by atoms with Crippen LogP contribution in [0, 0.1) is 0 Å². The van der Waals surface area contributed by atoms with E-state index in [1.807, 2.05) is 54.1 Å². The van der Waals surface area contributed by atoms with Crippen LogP contribution in [0.15, 0.2) is 59.8 Å². The van der Waals surface area contributed by atoms with E-state index >= 15 is 0 Å². The fourth-order valence-corrected chi connectivity index (χ4v) is 3.40. The van der Waals surface area contributed by atoms with Crippen molar-refractivity contribution >= 4 is 23.4 Å². The molecular formula is C20H22N4OS. The number of aromatic nitrogens is 3. The number of carbonyl (C=O) groups is 1. The van der Waals surface area contributed by atoms with Crippen molar-refractivity contribution in [2.75, 3.05) is 11.1 Å². The molecule has 3 rings (SSSR count). The van der Waals surface area contributed by atoms with Crippen LogP contribution in [0.2, 0.25) is 0 Å². The first-order chi connectivity index (χ1) is 12.7. The fraction of sp³-hybridized carbons (Fsp3) is 0.250. The van der Waals surface area contributed by atoms with Crippen LogP contribution in [-0.2, 0) is 24.7 Å². The molecule has 6 heteroatoms. The van der Waals surface area contributed by atoms with E-state index in [2.05, 4.69) is 34.6 Å². The number of thioether (sulfide) groups is 1. The number of benzene rings is 2. The van der Waals surface area contributed by atoms with E-state index in [1.165, 1.54) is 17.3 Å². The summed E-state index contributed by atoms with van der Waals surface area (Å²) in [5.74, 6) is 1.15. The Morgan fingerprint density at radius 3 is 2.58 bits per heavy atom. The summed E-state index contributed by atoms with van der Waals surface area (Å²) < 4.78 is 1.95. The van der Waals surface area contributed by atoms with Gasteiger partial charge >= 0.3 is 0 Å². The predicted octanol–water partition coefficient (Wildman–Crippen LogP) is 3.70. The Balaban J connectivity index is 1.59. The summed E-state index contributed by atoms with van der Waals surface area (Å²) in [5.41, 5.74) is 3.20. The van der Waals surface area contributed by atoms with E-state index in [1.54, 1.807) is 0 Å². The zero-order chi connectivity index (χ0) is 18.4. The Hall–Kier alpha value is -2.60. The SMILES string of the molecule is CCc1ccccc1NC(=O)CSc1nnc(Cc2ccccc2)n1C. The molecule has 26 heavy (non-hydrogen) atoms. The van der Waals surface area contributed by atoms with Gasteiger partial charge in [0.15, 0.2) is 5.16 Å². The van der Waals surface area contributed by atoms with Gasteiger partial charge in [-0.2, -0.15) is 0 Å². The van der Waals surface area contributed by atoms with Crippen molar-refractivity contribution in [1.82, 2.24) is 14.8 Å². The third-order valence-corrected chi connectivity index (χ3v) is 5.16. The highest BCUT2D eigenvalue weighted by atomic mass is 32.2. The zero-order valence-corrected chi connectivity index (χ0v) is 15.8. The number of rotatable bonds is 7. The highest BCUT2D eigenvalue weighted by Gasteiger charge is 2.12. The standard InChI is InChI=1S/C20H22N4OS/c1-3-16-11-7-8-12-17(16)21-19(25)14-26-20-23-22-18(24(20)2)13-15-9-5-4-6-10-15/h4-12H,3,13-14H2,1-2H3,(H,21,25). The minimum atomic E-state index is -0.0384. The molecule has 0 atom stereocenters. The molecular weight excluding hydrogens is 344 g/mol. The minimum absolute atomic E-state index is 0.0384. The number of para-hydroxylation sites is 1. The number of carbonyl (C=O) groups excluding carboxylic acids is 1. The molecule has 2 aromatic carbocycles. The second-order valence-electron chi connectivity index (χ2n) is 5.97. The second kappa shape index (κ2) is 8.67. The van der Waals surface area contributed by atoms with Gasteiger partial charge < -0.3 is 9.88 Å². The Morgan fingerprint density at radius 2 is 1.81 bits per heavy atom. The maximum absolute atomic E-state index is 12.3. The molecule has 0 aliphatic carbocycles. The van der Waals surface area contributed by atoms with Crippen LogP contribution in [0.3, 0.4) is 0 Å². The lowest BCUT2D eigenvalue weighted by molar-refractivity contribution is -0.113. The normalized spacial score (nSPS) is 10.7. The Labute approximate surface area is 157 Å². The first kappa shape index (κ1) is 18.2. The van der Waals surface area contributed by atoms with Gasteiger partial charge in [-0.05, 0) is 23.6 Å². The van der Waals surface area contributed by atoms with Crippen LogP contribution in [0.5, 0.6) is 0 Å². The molecule has 0 bridgehead atoms. The number of hydrogen-bond acceptors (Lipinski definition) is 4. The average Bonchev–Trinajstić information content (AvgIpc) is 3.01. The van der Waals surface area contributed by atoms with Crippen molar-refractivity contribution in [2.45, 2.75) is 24.9 Å². The molecule has 0 aliphatic heterocycles. The number of anilines is 1. The summed E-state index contributed by atoms with van der Waals surface area (Å²) in [5, 5.41) is 12.2. The molecule has 0 aliphatic rings. The number of nitrogens with one attached hydrogen (secondary N) is 1. The van der Waals surface area contributed by atoms with E-state index in [4.69, 9.17) is 0 Å². The van der Waals surface area contributed by atoms with E-state index in [-0.39, 0.29) is 5.91 Å². The molecule has 134 valence electrons. The quantitative estimate of drug-likeness (QED) is 0.648. The lowest BCUT2D eigenvalue weighted by Gasteiger charge is -2.09.